The van der Waals surface area contributed by atoms with Gasteiger partial charge in [0.25, 0.3) is 0 Å². The summed E-state index contributed by atoms with van der Waals surface area (Å²) in [5, 5.41) is 3.04. The molecule has 1 saturated carbocycles. The fourth-order valence-corrected chi connectivity index (χ4v) is 4.00. The minimum absolute atomic E-state index is 0.0293. The number of carbonyl (C=O) groups is 2. The minimum atomic E-state index is -0.0293. The summed E-state index contributed by atoms with van der Waals surface area (Å²) in [6.45, 7) is 4.57. The van der Waals surface area contributed by atoms with E-state index in [9.17, 15) is 9.59 Å². The zero-order valence-electron chi connectivity index (χ0n) is 12.8. The summed E-state index contributed by atoms with van der Waals surface area (Å²) in [6, 6.07) is 2.12. The quantitative estimate of drug-likeness (QED) is 0.793. The van der Waals surface area contributed by atoms with E-state index in [0.29, 0.717) is 12.5 Å². The van der Waals surface area contributed by atoms with Crippen LogP contribution in [0.4, 0.5) is 0 Å². The van der Waals surface area contributed by atoms with Crippen molar-refractivity contribution in [3.63, 3.8) is 0 Å². The molecular formula is C16H24N2O2S. The molecule has 116 valence electrons. The molecule has 2 rings (SSSR count). The highest BCUT2D eigenvalue weighted by molar-refractivity contribution is 7.12. The Kier molecular flexibility index (Phi) is 5.53. The highest BCUT2D eigenvalue weighted by Gasteiger charge is 2.27. The molecule has 1 aromatic rings. The molecule has 0 aliphatic heterocycles. The van der Waals surface area contributed by atoms with Gasteiger partial charge in [0.05, 0.1) is 0 Å². The fraction of sp³-hybridized carbons (Fsp3) is 0.625. The number of hydrogen-bond donors (Lipinski definition) is 2. The Morgan fingerprint density at radius 2 is 2.10 bits per heavy atom. The Morgan fingerprint density at radius 1 is 1.33 bits per heavy atom. The largest absolute Gasteiger partial charge is 0.353 e. The van der Waals surface area contributed by atoms with Crippen LogP contribution in [-0.2, 0) is 4.79 Å². The summed E-state index contributed by atoms with van der Waals surface area (Å²) in [4.78, 5) is 26.3. The van der Waals surface area contributed by atoms with Crippen molar-refractivity contribution >= 4 is 23.0 Å². The second-order valence-electron chi connectivity index (χ2n) is 5.85. The fourth-order valence-electron chi connectivity index (χ4n) is 3.06. The lowest BCUT2D eigenvalue weighted by Gasteiger charge is -2.19. The molecule has 3 N–H and O–H groups in total. The van der Waals surface area contributed by atoms with Crippen LogP contribution in [0.3, 0.4) is 0 Å². The predicted molar refractivity (Wildman–Crippen MR) is 85.7 cm³/mol. The van der Waals surface area contributed by atoms with E-state index in [1.807, 2.05) is 19.9 Å². The second-order valence-corrected chi connectivity index (χ2v) is 7.31. The van der Waals surface area contributed by atoms with Crippen LogP contribution >= 0.6 is 11.3 Å². The molecule has 5 heteroatoms. The molecule has 0 radical (unpaired) electrons. The zero-order valence-corrected chi connectivity index (χ0v) is 13.6. The number of ketones is 1. The zero-order chi connectivity index (χ0) is 15.4. The molecule has 1 aliphatic rings. The van der Waals surface area contributed by atoms with Crippen LogP contribution in [0.5, 0.6) is 0 Å². The van der Waals surface area contributed by atoms with Crippen LogP contribution in [0.2, 0.25) is 0 Å². The molecule has 0 spiro atoms. The molecule has 0 bridgehead atoms. The Balaban J connectivity index is 1.81. The average molecular weight is 308 g/mol. The van der Waals surface area contributed by atoms with Crippen molar-refractivity contribution < 1.29 is 9.59 Å². The van der Waals surface area contributed by atoms with Gasteiger partial charge in [0.1, 0.15) is 0 Å². The third-order valence-corrected chi connectivity index (χ3v) is 5.19. The monoisotopic (exact) mass is 308 g/mol. The summed E-state index contributed by atoms with van der Waals surface area (Å²) in [7, 11) is 0. The van der Waals surface area contributed by atoms with Gasteiger partial charge in [-0.15, -0.1) is 11.3 Å². The van der Waals surface area contributed by atoms with Crippen LogP contribution < -0.4 is 11.1 Å². The molecule has 1 fully saturated rings. The van der Waals surface area contributed by atoms with Gasteiger partial charge in [-0.3, -0.25) is 9.59 Å². The second kappa shape index (κ2) is 7.18. The third kappa shape index (κ3) is 4.14. The van der Waals surface area contributed by atoms with Crippen molar-refractivity contribution in [1.82, 2.24) is 5.32 Å². The number of amides is 1. The lowest BCUT2D eigenvalue weighted by Crippen LogP contribution is -2.39. The summed E-state index contributed by atoms with van der Waals surface area (Å²) in [5.41, 5.74) is 6.48. The topological polar surface area (TPSA) is 72.2 Å². The molecule has 1 aliphatic carbocycles. The van der Waals surface area contributed by atoms with Crippen LogP contribution in [-0.4, -0.2) is 24.3 Å². The number of carbonyl (C=O) groups excluding carboxylic acids is 2. The van der Waals surface area contributed by atoms with E-state index < -0.39 is 0 Å². The predicted octanol–water partition coefficient (Wildman–Crippen LogP) is 2.57. The molecule has 2 unspecified atom stereocenters. The van der Waals surface area contributed by atoms with Crippen molar-refractivity contribution in [3.05, 3.63) is 21.4 Å². The maximum Gasteiger partial charge on any atom is 0.220 e. The molecule has 0 aromatic carbocycles. The molecular weight excluding hydrogens is 284 g/mol. The van der Waals surface area contributed by atoms with Gasteiger partial charge in [-0.05, 0) is 45.2 Å². The van der Waals surface area contributed by atoms with E-state index >= 15 is 0 Å². The van der Waals surface area contributed by atoms with Gasteiger partial charge >= 0.3 is 0 Å². The van der Waals surface area contributed by atoms with E-state index in [2.05, 4.69) is 5.32 Å². The highest BCUT2D eigenvalue weighted by Crippen LogP contribution is 2.25. The van der Waals surface area contributed by atoms with Crippen LogP contribution in [0.1, 0.15) is 52.2 Å². The van der Waals surface area contributed by atoms with Crippen LogP contribution in [0, 0.1) is 19.8 Å². The normalized spacial score (nSPS) is 21.5. The minimum Gasteiger partial charge on any atom is -0.353 e. The summed E-state index contributed by atoms with van der Waals surface area (Å²) in [6.07, 6.45) is 3.76. The first-order chi connectivity index (χ1) is 10.0. The number of thiophene rings is 1. The van der Waals surface area contributed by atoms with Gasteiger partial charge in [0.15, 0.2) is 5.78 Å². The Morgan fingerprint density at radius 3 is 2.71 bits per heavy atom. The van der Waals surface area contributed by atoms with Gasteiger partial charge in [0.2, 0.25) is 5.91 Å². The van der Waals surface area contributed by atoms with E-state index in [4.69, 9.17) is 5.73 Å². The van der Waals surface area contributed by atoms with Crippen LogP contribution in [0.25, 0.3) is 0 Å². The summed E-state index contributed by atoms with van der Waals surface area (Å²) < 4.78 is 0. The Labute approximate surface area is 130 Å². The standard InChI is InChI=1S/C16H24N2O2S/c1-10-8-13(11(2)21-10)15(19)6-7-16(20)18-14-5-3-4-12(14)9-17/h8,12,14H,3-7,9,17H2,1-2H3,(H,18,20). The highest BCUT2D eigenvalue weighted by atomic mass is 32.1. The first kappa shape index (κ1) is 16.2. The molecule has 1 aromatic heterocycles. The van der Waals surface area contributed by atoms with Crippen molar-refractivity contribution in [2.45, 2.75) is 52.0 Å². The number of hydrogen-bond acceptors (Lipinski definition) is 4. The van der Waals surface area contributed by atoms with Crippen molar-refractivity contribution in [1.29, 1.82) is 0 Å². The van der Waals surface area contributed by atoms with E-state index in [0.717, 1.165) is 34.6 Å². The Hall–Kier alpha value is -1.20. The van der Waals surface area contributed by atoms with Crippen molar-refractivity contribution in [2.75, 3.05) is 6.54 Å². The maximum absolute atomic E-state index is 12.1. The molecule has 1 heterocycles. The lowest BCUT2D eigenvalue weighted by molar-refractivity contribution is -0.122. The number of nitrogens with two attached hydrogens (primary N) is 1. The first-order valence-corrected chi connectivity index (χ1v) is 8.42. The van der Waals surface area contributed by atoms with E-state index in [1.165, 1.54) is 0 Å². The lowest BCUT2D eigenvalue weighted by atomic mass is 10.0. The molecule has 0 saturated heterocycles. The molecule has 4 nitrogen and oxygen atoms in total. The molecule has 21 heavy (non-hydrogen) atoms. The SMILES string of the molecule is Cc1cc(C(=O)CCC(=O)NC2CCCC2CN)c(C)s1. The third-order valence-electron chi connectivity index (χ3n) is 4.23. The van der Waals surface area contributed by atoms with Crippen molar-refractivity contribution in [3.8, 4) is 0 Å². The van der Waals surface area contributed by atoms with Crippen molar-refractivity contribution in [2.24, 2.45) is 11.7 Å². The average Bonchev–Trinajstić information content (AvgIpc) is 3.02. The first-order valence-electron chi connectivity index (χ1n) is 7.61. The number of nitrogens with one attached hydrogen (secondary N) is 1. The molecule has 2 atom stereocenters. The van der Waals surface area contributed by atoms with Gasteiger partial charge < -0.3 is 11.1 Å². The van der Waals surface area contributed by atoms with Gasteiger partial charge in [-0.1, -0.05) is 6.42 Å². The van der Waals surface area contributed by atoms with Gasteiger partial charge in [-0.2, -0.15) is 0 Å². The summed E-state index contributed by atoms with van der Waals surface area (Å²) >= 11 is 1.63. The van der Waals surface area contributed by atoms with E-state index in [1.54, 1.807) is 11.3 Å². The van der Waals surface area contributed by atoms with Gasteiger partial charge in [0, 0.05) is 34.2 Å². The number of rotatable bonds is 6. The summed E-state index contributed by atoms with van der Waals surface area (Å²) in [5.74, 6) is 0.429. The number of aryl methyl sites for hydroxylation is 2. The maximum atomic E-state index is 12.1. The Bertz CT molecular complexity index is 524. The number of Topliss-reactive ketones (excluding diaryl/α,β-unsaturated/α-hetero) is 1. The van der Waals surface area contributed by atoms with Gasteiger partial charge in [-0.25, -0.2) is 0 Å². The van der Waals surface area contributed by atoms with Crippen LogP contribution in [0.15, 0.2) is 6.07 Å². The smallest absolute Gasteiger partial charge is 0.220 e. The molecule has 1 amide bonds. The van der Waals surface area contributed by atoms with E-state index in [-0.39, 0.29) is 30.6 Å².